The molecule has 7 nitrogen and oxygen atoms in total. The molecule has 2 aromatic heterocycles. The third-order valence-electron chi connectivity index (χ3n) is 6.13. The van der Waals surface area contributed by atoms with Crippen LogP contribution in [-0.2, 0) is 17.8 Å². The topological polar surface area (TPSA) is 81.3 Å². The Labute approximate surface area is 222 Å². The van der Waals surface area contributed by atoms with E-state index in [4.69, 9.17) is 4.98 Å². The van der Waals surface area contributed by atoms with Crippen molar-refractivity contribution < 1.29 is 4.79 Å². The van der Waals surface area contributed by atoms with Crippen molar-refractivity contribution in [3.05, 3.63) is 105 Å². The average molecular weight is 556 g/mol. The first-order valence-electron chi connectivity index (χ1n) is 12.1. The molecule has 3 aromatic carbocycles. The Morgan fingerprint density at radius 2 is 1.86 bits per heavy atom. The number of anilines is 1. The molecule has 1 amide bonds. The predicted octanol–water partition coefficient (Wildman–Crippen LogP) is 5.90. The van der Waals surface area contributed by atoms with E-state index in [0.29, 0.717) is 23.1 Å². The van der Waals surface area contributed by atoms with Gasteiger partial charge in [0, 0.05) is 39.2 Å². The number of aromatic nitrogens is 3. The first-order valence-corrected chi connectivity index (χ1v) is 12.9. The summed E-state index contributed by atoms with van der Waals surface area (Å²) in [4.78, 5) is 30.8. The number of nitrogens with zero attached hydrogens (tertiary/aromatic N) is 4. The normalized spacial score (nSPS) is 11.5. The van der Waals surface area contributed by atoms with Gasteiger partial charge in [-0.2, -0.15) is 9.78 Å². The lowest BCUT2D eigenvalue weighted by atomic mass is 10.2. The van der Waals surface area contributed by atoms with E-state index in [2.05, 4.69) is 26.3 Å². The summed E-state index contributed by atoms with van der Waals surface area (Å²) in [6, 6.07) is 21.0. The molecule has 0 fully saturated rings. The van der Waals surface area contributed by atoms with Crippen LogP contribution in [-0.4, -0.2) is 26.3 Å². The maximum absolute atomic E-state index is 13.3. The molecular formula is C29H26BrN5O2. The molecule has 8 heteroatoms. The van der Waals surface area contributed by atoms with Crippen LogP contribution in [0.2, 0.25) is 0 Å². The maximum Gasteiger partial charge on any atom is 0.282 e. The largest absolute Gasteiger partial charge is 0.337 e. The van der Waals surface area contributed by atoms with Gasteiger partial charge in [-0.25, -0.2) is 4.98 Å². The van der Waals surface area contributed by atoms with Crippen LogP contribution in [0.25, 0.3) is 21.8 Å². The predicted molar refractivity (Wildman–Crippen MR) is 152 cm³/mol. The van der Waals surface area contributed by atoms with Crippen LogP contribution in [0.3, 0.4) is 0 Å². The van der Waals surface area contributed by atoms with Gasteiger partial charge in [-0.05, 0) is 49.7 Å². The summed E-state index contributed by atoms with van der Waals surface area (Å²) in [7, 11) is 0. The standard InChI is InChI=1S/C29H26BrN5O2/c1-3-6-27-33-25-14-11-21(30)15-24(25)29(37)35(27)31-16-20-17-34(26-8-5-4-7-23(20)26)18-28(36)32-22-12-9-19(2)10-13-22/h4-5,7-17H,3,6,18H2,1-2H3,(H,32,36). The molecule has 0 radical (unpaired) electrons. The van der Waals surface area contributed by atoms with Crippen LogP contribution in [0.15, 0.2) is 87.3 Å². The number of fused-ring (bicyclic) bond motifs is 2. The number of hydrogen-bond donors (Lipinski definition) is 1. The van der Waals surface area contributed by atoms with Crippen LogP contribution in [0.1, 0.15) is 30.3 Å². The number of carbonyl (C=O) groups is 1. The molecule has 5 rings (SSSR count). The molecule has 1 N–H and O–H groups in total. The molecule has 186 valence electrons. The highest BCUT2D eigenvalue weighted by atomic mass is 79.9. The fraction of sp³-hybridized carbons (Fsp3) is 0.172. The molecular weight excluding hydrogens is 530 g/mol. The summed E-state index contributed by atoms with van der Waals surface area (Å²) in [5.74, 6) is 0.485. The first-order chi connectivity index (χ1) is 17.9. The number of aryl methyl sites for hydroxylation is 2. The van der Waals surface area contributed by atoms with Gasteiger partial charge in [-0.1, -0.05) is 58.7 Å². The minimum absolute atomic E-state index is 0.126. The lowest BCUT2D eigenvalue weighted by Crippen LogP contribution is -2.22. The van der Waals surface area contributed by atoms with Gasteiger partial charge in [0.25, 0.3) is 5.56 Å². The zero-order chi connectivity index (χ0) is 25.9. The van der Waals surface area contributed by atoms with Crippen LogP contribution < -0.4 is 10.9 Å². The van der Waals surface area contributed by atoms with Gasteiger partial charge in [0.1, 0.15) is 12.4 Å². The SMILES string of the molecule is CCCc1nc2ccc(Br)cc2c(=O)n1N=Cc1cn(CC(=O)Nc2ccc(C)cc2)c2ccccc12. The molecule has 5 aromatic rings. The summed E-state index contributed by atoms with van der Waals surface area (Å²) < 4.78 is 4.09. The molecule has 37 heavy (non-hydrogen) atoms. The Bertz CT molecular complexity index is 1700. The molecule has 0 atom stereocenters. The van der Waals surface area contributed by atoms with E-state index in [1.807, 2.05) is 85.3 Å². The van der Waals surface area contributed by atoms with Crippen molar-refractivity contribution in [2.45, 2.75) is 33.2 Å². The Balaban J connectivity index is 1.50. The van der Waals surface area contributed by atoms with Gasteiger partial charge in [0.05, 0.1) is 17.1 Å². The molecule has 0 saturated heterocycles. The maximum atomic E-state index is 13.3. The summed E-state index contributed by atoms with van der Waals surface area (Å²) in [6.07, 6.45) is 5.01. The number of nitrogens with one attached hydrogen (secondary N) is 1. The Morgan fingerprint density at radius 1 is 1.08 bits per heavy atom. The van der Waals surface area contributed by atoms with Crippen LogP contribution in [0.4, 0.5) is 5.69 Å². The van der Waals surface area contributed by atoms with Crippen LogP contribution in [0, 0.1) is 6.92 Å². The average Bonchev–Trinajstić information content (AvgIpc) is 3.23. The minimum Gasteiger partial charge on any atom is -0.337 e. The summed E-state index contributed by atoms with van der Waals surface area (Å²) in [5, 5.41) is 8.97. The van der Waals surface area contributed by atoms with Crippen LogP contribution in [0.5, 0.6) is 0 Å². The van der Waals surface area contributed by atoms with Gasteiger partial charge >= 0.3 is 0 Å². The number of hydrogen-bond acceptors (Lipinski definition) is 4. The second-order valence-corrected chi connectivity index (χ2v) is 9.86. The molecule has 0 bridgehead atoms. The molecule has 0 aliphatic rings. The zero-order valence-electron chi connectivity index (χ0n) is 20.6. The summed E-state index contributed by atoms with van der Waals surface area (Å²) in [5.41, 5.74) is 4.04. The lowest BCUT2D eigenvalue weighted by molar-refractivity contribution is -0.116. The second-order valence-electron chi connectivity index (χ2n) is 8.94. The van der Waals surface area contributed by atoms with E-state index in [-0.39, 0.29) is 18.0 Å². The van der Waals surface area contributed by atoms with Gasteiger partial charge in [-0.15, -0.1) is 0 Å². The van der Waals surface area contributed by atoms with E-state index in [0.717, 1.165) is 38.6 Å². The zero-order valence-corrected chi connectivity index (χ0v) is 22.2. The van der Waals surface area contributed by atoms with E-state index < -0.39 is 0 Å². The highest BCUT2D eigenvalue weighted by molar-refractivity contribution is 9.10. The number of rotatable bonds is 7. The van der Waals surface area contributed by atoms with E-state index in [1.165, 1.54) is 4.68 Å². The highest BCUT2D eigenvalue weighted by Gasteiger charge is 2.13. The monoisotopic (exact) mass is 555 g/mol. The molecule has 0 aliphatic heterocycles. The number of benzene rings is 3. The van der Waals surface area contributed by atoms with Crippen molar-refractivity contribution >= 4 is 55.5 Å². The van der Waals surface area contributed by atoms with Crippen molar-refractivity contribution in [1.29, 1.82) is 0 Å². The van der Waals surface area contributed by atoms with E-state index >= 15 is 0 Å². The third-order valence-corrected chi connectivity index (χ3v) is 6.62. The summed E-state index contributed by atoms with van der Waals surface area (Å²) >= 11 is 3.44. The molecule has 0 saturated carbocycles. The van der Waals surface area contributed by atoms with Gasteiger partial charge in [0.15, 0.2) is 0 Å². The molecule has 2 heterocycles. The van der Waals surface area contributed by atoms with Gasteiger partial charge < -0.3 is 9.88 Å². The number of amides is 1. The minimum atomic E-state index is -0.216. The first kappa shape index (κ1) is 24.6. The quantitative estimate of drug-likeness (QED) is 0.254. The second kappa shape index (κ2) is 10.5. The Kier molecular flexibility index (Phi) is 7.01. The Morgan fingerprint density at radius 3 is 2.65 bits per heavy atom. The van der Waals surface area contributed by atoms with Crippen molar-refractivity contribution in [3.8, 4) is 0 Å². The third kappa shape index (κ3) is 5.24. The van der Waals surface area contributed by atoms with Crippen molar-refractivity contribution in [1.82, 2.24) is 14.2 Å². The molecule has 0 unspecified atom stereocenters. The highest BCUT2D eigenvalue weighted by Crippen LogP contribution is 2.21. The fourth-order valence-corrected chi connectivity index (χ4v) is 4.68. The van der Waals surface area contributed by atoms with E-state index in [9.17, 15) is 9.59 Å². The lowest BCUT2D eigenvalue weighted by Gasteiger charge is -2.08. The number of carbonyl (C=O) groups excluding carboxylic acids is 1. The fourth-order valence-electron chi connectivity index (χ4n) is 4.32. The summed E-state index contributed by atoms with van der Waals surface area (Å²) in [6.45, 7) is 4.20. The molecule has 0 spiro atoms. The van der Waals surface area contributed by atoms with Gasteiger partial charge in [0.2, 0.25) is 5.91 Å². The van der Waals surface area contributed by atoms with Crippen molar-refractivity contribution in [2.75, 3.05) is 5.32 Å². The number of halogens is 1. The smallest absolute Gasteiger partial charge is 0.282 e. The van der Waals surface area contributed by atoms with Crippen molar-refractivity contribution in [3.63, 3.8) is 0 Å². The van der Waals surface area contributed by atoms with Crippen molar-refractivity contribution in [2.24, 2.45) is 5.10 Å². The van der Waals surface area contributed by atoms with Crippen LogP contribution >= 0.6 is 15.9 Å². The Hall–Kier alpha value is -4.04. The molecule has 0 aliphatic carbocycles. The van der Waals surface area contributed by atoms with E-state index in [1.54, 1.807) is 12.3 Å². The number of para-hydroxylation sites is 1. The van der Waals surface area contributed by atoms with Gasteiger partial charge in [-0.3, -0.25) is 9.59 Å².